The lowest BCUT2D eigenvalue weighted by Gasteiger charge is -2.35. The van der Waals surface area contributed by atoms with E-state index in [0.717, 1.165) is 42.4 Å². The van der Waals surface area contributed by atoms with Crippen LogP contribution in [0.15, 0.2) is 18.2 Å². The van der Waals surface area contributed by atoms with Crippen molar-refractivity contribution in [2.24, 2.45) is 22.2 Å². The topological polar surface area (TPSA) is 178 Å². The molecule has 1 aromatic rings. The Kier molecular flexibility index (Phi) is 12.2. The molecule has 1 saturated heterocycles. The van der Waals surface area contributed by atoms with E-state index in [1.54, 1.807) is 25.7 Å². The maximum atomic E-state index is 14.6. The fraction of sp³-hybridized carbons (Fsp3) is 0.732. The fourth-order valence-electron chi connectivity index (χ4n) is 8.49. The Morgan fingerprint density at radius 2 is 1.77 bits per heavy atom. The van der Waals surface area contributed by atoms with E-state index in [-0.39, 0.29) is 37.3 Å². The fourth-order valence-corrected chi connectivity index (χ4v) is 9.88. The van der Waals surface area contributed by atoms with Crippen molar-refractivity contribution in [3.63, 3.8) is 0 Å². The number of sulfonamides is 1. The highest BCUT2D eigenvalue weighted by molar-refractivity contribution is 7.90. The highest BCUT2D eigenvalue weighted by atomic mass is 32.2. The standard InChI is InChI=1S/C41H60N4O10S/c1-7-28-19-41(28,36(48)43-56(51,52)30-14-15-30)20-33(46)32-18-29-22-45(32)35(47)34(39(2,3)4)42-37(49)54-25-40(5,6)16-9-8-10-17-53-24-27-13-11-12-26-21-44(23-31(26)27)38(50)55-29/h11-13,28-30,32,34H,7-10,14-25H2,1-6H3,(H,42,49)(H,43,48)/t28-,29+,32?,34+,41-/m0/s1. The third kappa shape index (κ3) is 9.52. The van der Waals surface area contributed by atoms with Gasteiger partial charge in [0, 0.05) is 26.0 Å². The first kappa shape index (κ1) is 41.9. The van der Waals surface area contributed by atoms with E-state index in [2.05, 4.69) is 10.0 Å². The number of nitrogens with zero attached hydrogens (tertiary/aromatic N) is 2. The number of amides is 4. The summed E-state index contributed by atoms with van der Waals surface area (Å²) < 4.78 is 45.6. The first-order chi connectivity index (χ1) is 26.3. The van der Waals surface area contributed by atoms with E-state index in [4.69, 9.17) is 14.2 Å². The Balaban J connectivity index is 1.26. The second kappa shape index (κ2) is 16.3. The third-order valence-electron chi connectivity index (χ3n) is 12.3. The van der Waals surface area contributed by atoms with E-state index in [9.17, 15) is 32.4 Å². The summed E-state index contributed by atoms with van der Waals surface area (Å²) >= 11 is 0. The van der Waals surface area contributed by atoms with Gasteiger partial charge in [-0.15, -0.1) is 0 Å². The Morgan fingerprint density at radius 1 is 1.04 bits per heavy atom. The van der Waals surface area contributed by atoms with Crippen LogP contribution in [0.2, 0.25) is 0 Å². The molecule has 3 fully saturated rings. The van der Waals surface area contributed by atoms with Crippen LogP contribution in [-0.2, 0) is 58.3 Å². The molecule has 2 saturated carbocycles. The summed E-state index contributed by atoms with van der Waals surface area (Å²) in [6.45, 7) is 13.1. The Hall–Kier alpha value is -3.72. The van der Waals surface area contributed by atoms with Gasteiger partial charge in [-0.2, -0.15) is 0 Å². The molecule has 5 atom stereocenters. The number of hydrogen-bond acceptors (Lipinski definition) is 10. The predicted molar refractivity (Wildman–Crippen MR) is 206 cm³/mol. The van der Waals surface area contributed by atoms with E-state index < -0.39 is 74.1 Å². The molecule has 1 unspecified atom stereocenters. The summed E-state index contributed by atoms with van der Waals surface area (Å²) in [7, 11) is -3.85. The molecule has 4 amide bonds. The maximum absolute atomic E-state index is 14.6. The zero-order valence-corrected chi connectivity index (χ0v) is 34.6. The summed E-state index contributed by atoms with van der Waals surface area (Å²) in [6, 6.07) is 3.75. The second-order valence-corrected chi connectivity index (χ2v) is 20.5. The molecule has 6 rings (SSSR count). The summed E-state index contributed by atoms with van der Waals surface area (Å²) in [5, 5.41) is 2.17. The molecular formula is C41H60N4O10S. The lowest BCUT2D eigenvalue weighted by Crippen LogP contribution is -2.57. The van der Waals surface area contributed by atoms with Gasteiger partial charge in [-0.3, -0.25) is 24.0 Å². The lowest BCUT2D eigenvalue weighted by molar-refractivity contribution is -0.142. The van der Waals surface area contributed by atoms with Crippen LogP contribution in [0.5, 0.6) is 0 Å². The van der Waals surface area contributed by atoms with Crippen LogP contribution in [0.4, 0.5) is 9.59 Å². The average molecular weight is 801 g/mol. The zero-order chi connectivity index (χ0) is 40.6. The summed E-state index contributed by atoms with van der Waals surface area (Å²) in [4.78, 5) is 72.7. The number of fused-ring (bicyclic) bond motifs is 3. The van der Waals surface area contributed by atoms with Crippen molar-refractivity contribution >= 4 is 39.8 Å². The van der Waals surface area contributed by atoms with Crippen LogP contribution >= 0.6 is 0 Å². The Morgan fingerprint density at radius 3 is 2.45 bits per heavy atom. The molecule has 310 valence electrons. The highest BCUT2D eigenvalue weighted by Gasteiger charge is 2.62. The van der Waals surface area contributed by atoms with E-state index >= 15 is 0 Å². The number of nitrogens with one attached hydrogen (secondary N) is 2. The SMILES string of the molecule is CC[C@H]1C[C@@]1(CC(=O)C1C[C@@H]2CN1C(=O)[C@H](C(C)(C)C)NC(=O)OCC(C)(C)CCCCCOCc1cccc3c1CN(C3)C(=O)O2)C(=O)NS(=O)(=O)C1CC1. The van der Waals surface area contributed by atoms with Crippen molar-refractivity contribution < 1.29 is 46.6 Å². The minimum Gasteiger partial charge on any atom is -0.449 e. The molecule has 0 radical (unpaired) electrons. The molecule has 1 aromatic carbocycles. The molecule has 56 heavy (non-hydrogen) atoms. The first-order valence-electron chi connectivity index (χ1n) is 20.3. The lowest BCUT2D eigenvalue weighted by atomic mass is 9.85. The number of hydrogen-bond donors (Lipinski definition) is 2. The van der Waals surface area contributed by atoms with Crippen LogP contribution in [0.3, 0.4) is 0 Å². The second-order valence-electron chi connectivity index (χ2n) is 18.5. The molecule has 3 aliphatic heterocycles. The van der Waals surface area contributed by atoms with Gasteiger partial charge in [-0.05, 0) is 65.5 Å². The molecule has 3 heterocycles. The van der Waals surface area contributed by atoms with Gasteiger partial charge in [0.1, 0.15) is 12.1 Å². The maximum Gasteiger partial charge on any atom is 0.410 e. The van der Waals surface area contributed by atoms with Crippen molar-refractivity contribution in [2.75, 3.05) is 19.8 Å². The van der Waals surface area contributed by atoms with Gasteiger partial charge in [-0.25, -0.2) is 18.0 Å². The van der Waals surface area contributed by atoms with Crippen molar-refractivity contribution in [3.8, 4) is 0 Å². The molecule has 5 aliphatic rings. The van der Waals surface area contributed by atoms with E-state index in [1.807, 2.05) is 39.0 Å². The van der Waals surface area contributed by atoms with Gasteiger partial charge in [0.25, 0.3) is 0 Å². The zero-order valence-electron chi connectivity index (χ0n) is 33.8. The molecule has 14 nitrogen and oxygen atoms in total. The minimum absolute atomic E-state index is 0.0133. The summed E-state index contributed by atoms with van der Waals surface area (Å²) in [5.74, 6) is -1.86. The van der Waals surface area contributed by atoms with E-state index in [1.165, 1.54) is 4.90 Å². The van der Waals surface area contributed by atoms with Gasteiger partial charge < -0.3 is 24.4 Å². The van der Waals surface area contributed by atoms with Gasteiger partial charge in [0.2, 0.25) is 21.8 Å². The molecule has 0 spiro atoms. The summed E-state index contributed by atoms with van der Waals surface area (Å²) in [6.07, 6.45) is 2.98. The van der Waals surface area contributed by atoms with Crippen LogP contribution in [0, 0.1) is 22.2 Å². The van der Waals surface area contributed by atoms with Crippen molar-refractivity contribution in [2.45, 2.75) is 149 Å². The van der Waals surface area contributed by atoms with Crippen LogP contribution in [0.25, 0.3) is 0 Å². The molecule has 4 bridgehead atoms. The number of benzene rings is 1. The largest absolute Gasteiger partial charge is 0.449 e. The van der Waals surface area contributed by atoms with E-state index in [0.29, 0.717) is 52.0 Å². The number of alkyl carbamates (subject to hydrolysis) is 1. The van der Waals surface area contributed by atoms with Crippen LogP contribution in [-0.4, -0.2) is 91.2 Å². The van der Waals surface area contributed by atoms with Crippen molar-refractivity contribution in [1.29, 1.82) is 0 Å². The number of carbonyl (C=O) groups excluding carboxylic acids is 5. The van der Waals surface area contributed by atoms with Gasteiger partial charge >= 0.3 is 12.2 Å². The monoisotopic (exact) mass is 800 g/mol. The number of carbonyl (C=O) groups is 5. The van der Waals surface area contributed by atoms with Crippen LogP contribution < -0.4 is 10.0 Å². The minimum atomic E-state index is -3.85. The highest BCUT2D eigenvalue weighted by Crippen LogP contribution is 2.58. The smallest absolute Gasteiger partial charge is 0.410 e. The average Bonchev–Trinajstić information content (AvgIpc) is 4.02. The van der Waals surface area contributed by atoms with Crippen molar-refractivity contribution in [3.05, 3.63) is 34.9 Å². The molecule has 2 N–H and O–H groups in total. The Bertz CT molecular complexity index is 1800. The summed E-state index contributed by atoms with van der Waals surface area (Å²) in [5.41, 5.74) is 0.684. The van der Waals surface area contributed by atoms with Crippen LogP contribution in [0.1, 0.15) is 122 Å². The normalized spacial score (nSPS) is 29.2. The van der Waals surface area contributed by atoms with Gasteiger partial charge in [0.15, 0.2) is 5.78 Å². The molecule has 2 aliphatic carbocycles. The number of ether oxygens (including phenoxy) is 3. The van der Waals surface area contributed by atoms with Gasteiger partial charge in [-0.1, -0.05) is 79.0 Å². The molecule has 15 heteroatoms. The number of ketones is 1. The Labute approximate surface area is 331 Å². The third-order valence-corrected chi connectivity index (χ3v) is 14.1. The van der Waals surface area contributed by atoms with Crippen molar-refractivity contribution in [1.82, 2.24) is 19.8 Å². The quantitative estimate of drug-likeness (QED) is 0.366. The van der Waals surface area contributed by atoms with Gasteiger partial charge in [0.05, 0.1) is 43.0 Å². The molecular weight excluding hydrogens is 741 g/mol. The number of Topliss-reactive ketones (excluding diaryl/α,β-unsaturated/α-hetero) is 1. The molecule has 0 aromatic heterocycles. The number of cyclic esters (lactones) is 1. The first-order valence-corrected chi connectivity index (χ1v) is 21.8. The number of rotatable bonds is 7. The predicted octanol–water partition coefficient (Wildman–Crippen LogP) is 5.35.